The van der Waals surface area contributed by atoms with Crippen molar-refractivity contribution in [1.82, 2.24) is 29.0 Å². The second-order valence-electron chi connectivity index (χ2n) is 8.14. The average molecular weight is 374 g/mol. The van der Waals surface area contributed by atoms with E-state index >= 15 is 0 Å². The molecule has 9 heteroatoms. The minimum atomic E-state index is -0.547. The van der Waals surface area contributed by atoms with Gasteiger partial charge < -0.3 is 4.74 Å². The molecule has 1 spiro atoms. The van der Waals surface area contributed by atoms with Crippen molar-refractivity contribution in [2.45, 2.75) is 52.1 Å². The van der Waals surface area contributed by atoms with E-state index in [9.17, 15) is 9.59 Å². The van der Waals surface area contributed by atoms with Crippen LogP contribution in [-0.4, -0.2) is 47.7 Å². The van der Waals surface area contributed by atoms with Crippen LogP contribution in [0.1, 0.15) is 31.7 Å². The summed E-state index contributed by atoms with van der Waals surface area (Å²) in [6.45, 7) is 7.47. The lowest BCUT2D eigenvalue weighted by Crippen LogP contribution is -2.53. The van der Waals surface area contributed by atoms with Crippen LogP contribution < -0.4 is 11.1 Å². The van der Waals surface area contributed by atoms with Crippen LogP contribution in [0.25, 0.3) is 0 Å². The molecule has 1 fully saturated rings. The van der Waals surface area contributed by atoms with Crippen LogP contribution in [0.15, 0.2) is 22.0 Å². The van der Waals surface area contributed by atoms with Crippen molar-refractivity contribution >= 4 is 0 Å². The van der Waals surface area contributed by atoms with E-state index in [4.69, 9.17) is 4.74 Å². The molecular weight excluding hydrogens is 348 g/mol. The zero-order chi connectivity index (χ0) is 19.2. The Bertz CT molecular complexity index is 959. The third-order valence-electron chi connectivity index (χ3n) is 5.26. The smallest absolute Gasteiger partial charge is 0.332 e. The molecule has 0 bridgehead atoms. The Kier molecular flexibility index (Phi) is 4.51. The van der Waals surface area contributed by atoms with Gasteiger partial charge in [0.05, 0.1) is 12.7 Å². The monoisotopic (exact) mass is 374 g/mol. The van der Waals surface area contributed by atoms with E-state index in [0.29, 0.717) is 18.9 Å². The van der Waals surface area contributed by atoms with Crippen molar-refractivity contribution in [2.24, 2.45) is 13.0 Å². The number of hydrogen-bond acceptors (Lipinski definition) is 6. The summed E-state index contributed by atoms with van der Waals surface area (Å²) in [7, 11) is 1.90. The molecule has 0 saturated carbocycles. The summed E-state index contributed by atoms with van der Waals surface area (Å²) < 4.78 is 10.8. The molecule has 1 saturated heterocycles. The highest BCUT2D eigenvalue weighted by Crippen LogP contribution is 2.31. The van der Waals surface area contributed by atoms with E-state index in [-0.39, 0.29) is 12.5 Å². The maximum absolute atomic E-state index is 12.6. The maximum atomic E-state index is 12.6. The van der Waals surface area contributed by atoms with Crippen molar-refractivity contribution in [3.63, 3.8) is 0 Å². The lowest BCUT2D eigenvalue weighted by molar-refractivity contribution is -0.0859. The fourth-order valence-electron chi connectivity index (χ4n) is 3.99. The molecule has 4 heterocycles. The first-order valence-corrected chi connectivity index (χ1v) is 9.40. The average Bonchev–Trinajstić information content (AvgIpc) is 3.20. The SMILES string of the molecule is CC(C)Cn1nc2n(c(=O)c1=O)C[C@]1(CCN(Cc3cnn(C)c3)C1)OC2. The standard InChI is InChI=1S/C18H26N6O3/c1-13(2)7-24-17(26)16(25)23-12-18(27-10-15(23)20-24)4-5-22(11-18)9-14-6-19-21(3)8-14/h6,8,13H,4-5,7,9-12H2,1-3H3/t18-/m1/s1. The maximum Gasteiger partial charge on any atom is 0.332 e. The number of likely N-dealkylation sites (tertiary alicyclic amines) is 1. The summed E-state index contributed by atoms with van der Waals surface area (Å²) in [4.78, 5) is 27.3. The third kappa shape index (κ3) is 3.49. The first-order valence-electron chi connectivity index (χ1n) is 9.40. The molecule has 2 aromatic heterocycles. The number of rotatable bonds is 4. The molecule has 0 unspecified atom stereocenters. The highest BCUT2D eigenvalue weighted by molar-refractivity contribution is 5.06. The predicted molar refractivity (Wildman–Crippen MR) is 98.2 cm³/mol. The summed E-state index contributed by atoms with van der Waals surface area (Å²) in [6, 6.07) is 0. The molecule has 2 aliphatic heterocycles. The van der Waals surface area contributed by atoms with E-state index in [1.54, 1.807) is 4.68 Å². The fraction of sp³-hybridized carbons (Fsp3) is 0.667. The number of hydrogen-bond donors (Lipinski definition) is 0. The van der Waals surface area contributed by atoms with Gasteiger partial charge in [0.15, 0.2) is 5.82 Å². The summed E-state index contributed by atoms with van der Waals surface area (Å²) in [5, 5.41) is 8.59. The number of ether oxygens (including phenoxy) is 1. The minimum Gasteiger partial charge on any atom is -0.364 e. The Labute approximate surface area is 157 Å². The van der Waals surface area contributed by atoms with Gasteiger partial charge in [-0.3, -0.25) is 23.7 Å². The molecule has 27 heavy (non-hydrogen) atoms. The van der Waals surface area contributed by atoms with E-state index < -0.39 is 16.7 Å². The lowest BCUT2D eigenvalue weighted by Gasteiger charge is -2.35. The molecule has 4 rings (SSSR count). The molecule has 0 aliphatic carbocycles. The van der Waals surface area contributed by atoms with Crippen LogP contribution in [0.4, 0.5) is 0 Å². The predicted octanol–water partition coefficient (Wildman–Crippen LogP) is -0.0306. The van der Waals surface area contributed by atoms with E-state index in [1.807, 2.05) is 33.3 Å². The highest BCUT2D eigenvalue weighted by Gasteiger charge is 2.43. The number of fused-ring (bicyclic) bond motifs is 1. The number of aryl methyl sites for hydroxylation is 1. The molecule has 2 aliphatic rings. The first kappa shape index (κ1) is 18.1. The van der Waals surface area contributed by atoms with E-state index in [1.165, 1.54) is 9.25 Å². The van der Waals surface area contributed by atoms with Crippen LogP contribution in [0.2, 0.25) is 0 Å². The molecule has 9 nitrogen and oxygen atoms in total. The normalized spacial score (nSPS) is 22.7. The molecule has 0 amide bonds. The zero-order valence-corrected chi connectivity index (χ0v) is 16.1. The number of aromatic nitrogens is 5. The Morgan fingerprint density at radius 2 is 2.07 bits per heavy atom. The number of nitrogens with zero attached hydrogens (tertiary/aromatic N) is 6. The molecule has 0 radical (unpaired) electrons. The summed E-state index contributed by atoms with van der Waals surface area (Å²) in [5.74, 6) is 0.779. The summed E-state index contributed by atoms with van der Waals surface area (Å²) in [5.41, 5.74) is -0.317. The molecule has 0 aromatic carbocycles. The van der Waals surface area contributed by atoms with Crippen molar-refractivity contribution in [1.29, 1.82) is 0 Å². The van der Waals surface area contributed by atoms with Gasteiger partial charge in [-0.05, 0) is 12.3 Å². The van der Waals surface area contributed by atoms with Crippen LogP contribution in [0.3, 0.4) is 0 Å². The van der Waals surface area contributed by atoms with Gasteiger partial charge in [-0.2, -0.15) is 10.2 Å². The molecule has 0 N–H and O–H groups in total. The van der Waals surface area contributed by atoms with E-state index in [2.05, 4.69) is 15.1 Å². The van der Waals surface area contributed by atoms with Crippen molar-refractivity contribution in [3.8, 4) is 0 Å². The highest BCUT2D eigenvalue weighted by atomic mass is 16.5. The van der Waals surface area contributed by atoms with Crippen molar-refractivity contribution in [2.75, 3.05) is 13.1 Å². The fourth-order valence-corrected chi connectivity index (χ4v) is 3.99. The van der Waals surface area contributed by atoms with Gasteiger partial charge in [0.25, 0.3) is 0 Å². The molecular formula is C18H26N6O3. The topological polar surface area (TPSA) is 87.2 Å². The summed E-state index contributed by atoms with van der Waals surface area (Å²) >= 11 is 0. The van der Waals surface area contributed by atoms with Crippen LogP contribution >= 0.6 is 0 Å². The van der Waals surface area contributed by atoms with Gasteiger partial charge in [0.2, 0.25) is 0 Å². The van der Waals surface area contributed by atoms with Gasteiger partial charge >= 0.3 is 11.1 Å². The van der Waals surface area contributed by atoms with Gasteiger partial charge in [-0.25, -0.2) is 4.68 Å². The Balaban J connectivity index is 1.54. The Hall–Kier alpha value is -2.26. The second-order valence-corrected chi connectivity index (χ2v) is 8.14. The molecule has 1 atom stereocenters. The van der Waals surface area contributed by atoms with Crippen molar-refractivity contribution in [3.05, 3.63) is 44.5 Å². The zero-order valence-electron chi connectivity index (χ0n) is 16.1. The van der Waals surface area contributed by atoms with Gasteiger partial charge in [-0.15, -0.1) is 0 Å². The Morgan fingerprint density at radius 3 is 2.78 bits per heavy atom. The first-order chi connectivity index (χ1) is 12.8. The second kappa shape index (κ2) is 6.72. The Morgan fingerprint density at radius 1 is 1.26 bits per heavy atom. The largest absolute Gasteiger partial charge is 0.364 e. The van der Waals surface area contributed by atoms with Gasteiger partial charge in [0.1, 0.15) is 12.2 Å². The van der Waals surface area contributed by atoms with Crippen LogP contribution in [-0.2, 0) is 38.0 Å². The van der Waals surface area contributed by atoms with Crippen LogP contribution in [0.5, 0.6) is 0 Å². The van der Waals surface area contributed by atoms with Gasteiger partial charge in [0, 0.05) is 45.0 Å². The van der Waals surface area contributed by atoms with Crippen LogP contribution in [0, 0.1) is 5.92 Å². The quantitative estimate of drug-likeness (QED) is 0.699. The minimum absolute atomic E-state index is 0.240. The summed E-state index contributed by atoms with van der Waals surface area (Å²) in [6.07, 6.45) is 4.70. The lowest BCUT2D eigenvalue weighted by atomic mass is 10.0. The molecule has 2 aromatic rings. The van der Waals surface area contributed by atoms with Gasteiger partial charge in [-0.1, -0.05) is 13.8 Å². The van der Waals surface area contributed by atoms with E-state index in [0.717, 1.165) is 31.6 Å². The molecule has 146 valence electrons. The van der Waals surface area contributed by atoms with Crippen molar-refractivity contribution < 1.29 is 4.74 Å². The third-order valence-corrected chi connectivity index (χ3v) is 5.26.